The summed E-state index contributed by atoms with van der Waals surface area (Å²) in [5, 5.41) is 13.3. The predicted octanol–water partition coefficient (Wildman–Crippen LogP) is 2.87. The van der Waals surface area contributed by atoms with Gasteiger partial charge < -0.3 is 15.2 Å². The van der Waals surface area contributed by atoms with Gasteiger partial charge in [-0.2, -0.15) is 0 Å². The fourth-order valence-corrected chi connectivity index (χ4v) is 2.96. The van der Waals surface area contributed by atoms with Gasteiger partial charge in [-0.25, -0.2) is 0 Å². The second kappa shape index (κ2) is 9.22. The van der Waals surface area contributed by atoms with Crippen molar-refractivity contribution in [3.63, 3.8) is 0 Å². The normalized spacial score (nSPS) is 10.3. The highest BCUT2D eigenvalue weighted by Gasteiger charge is 2.07. The van der Waals surface area contributed by atoms with Crippen LogP contribution in [0.4, 0.5) is 0 Å². The third kappa shape index (κ3) is 6.33. The molecule has 0 spiro atoms. The van der Waals surface area contributed by atoms with E-state index >= 15 is 0 Å². The molecule has 122 valence electrons. The summed E-state index contributed by atoms with van der Waals surface area (Å²) in [4.78, 5) is 23.5. The lowest BCUT2D eigenvalue weighted by molar-refractivity contribution is -0.133. The highest BCUT2D eigenvalue weighted by atomic mass is 32.2. The highest BCUT2D eigenvalue weighted by molar-refractivity contribution is 7.99. The monoisotopic (exact) mass is 351 g/mol. The molecule has 1 aromatic carbocycles. The Balaban J connectivity index is 1.78. The number of nitrogens with one attached hydrogen (secondary N) is 1. The van der Waals surface area contributed by atoms with Crippen LogP contribution in [0.2, 0.25) is 0 Å². The van der Waals surface area contributed by atoms with Crippen LogP contribution in [-0.4, -0.2) is 35.0 Å². The number of amides is 1. The molecule has 1 aromatic heterocycles. The van der Waals surface area contributed by atoms with Crippen LogP contribution < -0.4 is 10.1 Å². The molecule has 0 aliphatic rings. The molecule has 1 heterocycles. The van der Waals surface area contributed by atoms with E-state index < -0.39 is 5.97 Å². The number of ether oxygens (including phenoxy) is 1. The van der Waals surface area contributed by atoms with Gasteiger partial charge in [-0.05, 0) is 29.6 Å². The Kier molecular flexibility index (Phi) is 6.96. The SMILES string of the molecule is O=C(O)CSCCNC(=O)c1cccc(OCc2cccs2)c1. The van der Waals surface area contributed by atoms with E-state index in [1.807, 2.05) is 23.6 Å². The fourth-order valence-electron chi connectivity index (χ4n) is 1.77. The third-order valence-electron chi connectivity index (χ3n) is 2.81. The van der Waals surface area contributed by atoms with Crippen molar-refractivity contribution >= 4 is 35.0 Å². The first-order chi connectivity index (χ1) is 11.1. The summed E-state index contributed by atoms with van der Waals surface area (Å²) in [6.45, 7) is 0.908. The van der Waals surface area contributed by atoms with Crippen LogP contribution in [-0.2, 0) is 11.4 Å². The van der Waals surface area contributed by atoms with Gasteiger partial charge in [-0.15, -0.1) is 23.1 Å². The van der Waals surface area contributed by atoms with Crippen LogP contribution >= 0.6 is 23.1 Å². The number of carbonyl (C=O) groups excluding carboxylic acids is 1. The van der Waals surface area contributed by atoms with E-state index in [1.165, 1.54) is 11.8 Å². The van der Waals surface area contributed by atoms with Gasteiger partial charge in [0.15, 0.2) is 0 Å². The average Bonchev–Trinajstić information content (AvgIpc) is 3.06. The zero-order valence-corrected chi connectivity index (χ0v) is 14.0. The summed E-state index contributed by atoms with van der Waals surface area (Å²) < 4.78 is 5.67. The smallest absolute Gasteiger partial charge is 0.313 e. The van der Waals surface area contributed by atoms with E-state index in [-0.39, 0.29) is 11.7 Å². The third-order valence-corrected chi connectivity index (χ3v) is 4.61. The molecule has 23 heavy (non-hydrogen) atoms. The summed E-state index contributed by atoms with van der Waals surface area (Å²) >= 11 is 2.89. The van der Waals surface area contributed by atoms with E-state index in [0.717, 1.165) is 4.88 Å². The molecule has 7 heteroatoms. The molecule has 0 aliphatic heterocycles. The molecule has 0 saturated heterocycles. The number of carboxylic acids is 1. The second-order valence-electron chi connectivity index (χ2n) is 4.60. The molecule has 0 radical (unpaired) electrons. The van der Waals surface area contributed by atoms with E-state index in [9.17, 15) is 9.59 Å². The second-order valence-corrected chi connectivity index (χ2v) is 6.74. The van der Waals surface area contributed by atoms with Crippen molar-refractivity contribution in [1.82, 2.24) is 5.32 Å². The highest BCUT2D eigenvalue weighted by Crippen LogP contribution is 2.17. The quantitative estimate of drug-likeness (QED) is 0.680. The number of carbonyl (C=O) groups is 2. The average molecular weight is 351 g/mol. The number of aliphatic carboxylic acids is 1. The lowest BCUT2D eigenvalue weighted by Gasteiger charge is -2.08. The molecule has 2 N–H and O–H groups in total. The first kappa shape index (κ1) is 17.4. The van der Waals surface area contributed by atoms with Crippen LogP contribution in [0.15, 0.2) is 41.8 Å². The Labute approximate surface area is 142 Å². The van der Waals surface area contributed by atoms with Crippen molar-refractivity contribution in [2.75, 3.05) is 18.1 Å². The van der Waals surface area contributed by atoms with Gasteiger partial charge >= 0.3 is 5.97 Å². The standard InChI is InChI=1S/C16H17NO4S2/c18-15(19)11-22-8-6-17-16(20)12-3-1-4-13(9-12)21-10-14-5-2-7-23-14/h1-5,7,9H,6,8,10-11H2,(H,17,20)(H,18,19). The minimum atomic E-state index is -0.850. The van der Waals surface area contributed by atoms with E-state index in [0.29, 0.717) is 30.2 Å². The Bertz CT molecular complexity index is 643. The van der Waals surface area contributed by atoms with Crippen LogP contribution in [0.5, 0.6) is 5.75 Å². The zero-order chi connectivity index (χ0) is 16.5. The largest absolute Gasteiger partial charge is 0.488 e. The van der Waals surface area contributed by atoms with Gasteiger partial charge in [0.25, 0.3) is 5.91 Å². The maximum Gasteiger partial charge on any atom is 0.313 e. The molecule has 5 nitrogen and oxygen atoms in total. The number of thioether (sulfide) groups is 1. The van der Waals surface area contributed by atoms with Gasteiger partial charge in [0.2, 0.25) is 0 Å². The lowest BCUT2D eigenvalue weighted by atomic mass is 10.2. The molecule has 0 atom stereocenters. The van der Waals surface area contributed by atoms with Gasteiger partial charge in [0.05, 0.1) is 5.75 Å². The molecule has 0 fully saturated rings. The number of carboxylic acid groups (broad SMARTS) is 1. The van der Waals surface area contributed by atoms with Crippen molar-refractivity contribution in [3.05, 3.63) is 52.2 Å². The number of benzene rings is 1. The van der Waals surface area contributed by atoms with Crippen molar-refractivity contribution in [2.24, 2.45) is 0 Å². The van der Waals surface area contributed by atoms with Crippen molar-refractivity contribution in [2.45, 2.75) is 6.61 Å². The molecule has 0 unspecified atom stereocenters. The minimum Gasteiger partial charge on any atom is -0.488 e. The molecule has 1 amide bonds. The first-order valence-corrected chi connectivity index (χ1v) is 9.01. The van der Waals surface area contributed by atoms with Crippen LogP contribution in [0.1, 0.15) is 15.2 Å². The molecule has 0 saturated carbocycles. The van der Waals surface area contributed by atoms with Gasteiger partial charge in [-0.1, -0.05) is 12.1 Å². The van der Waals surface area contributed by atoms with Gasteiger partial charge in [0.1, 0.15) is 12.4 Å². The fraction of sp³-hybridized carbons (Fsp3) is 0.250. The predicted molar refractivity (Wildman–Crippen MR) is 92.4 cm³/mol. The van der Waals surface area contributed by atoms with Crippen molar-refractivity contribution in [3.8, 4) is 5.75 Å². The zero-order valence-electron chi connectivity index (χ0n) is 12.4. The molecule has 0 bridgehead atoms. The van der Waals surface area contributed by atoms with Crippen LogP contribution in [0, 0.1) is 0 Å². The van der Waals surface area contributed by atoms with E-state index in [4.69, 9.17) is 9.84 Å². The number of hydrogen-bond donors (Lipinski definition) is 2. The van der Waals surface area contributed by atoms with Gasteiger partial charge in [0, 0.05) is 22.7 Å². The summed E-state index contributed by atoms with van der Waals surface area (Å²) in [5.74, 6) is 0.208. The first-order valence-electron chi connectivity index (χ1n) is 6.98. The Morgan fingerprint density at radius 3 is 2.87 bits per heavy atom. The molecular weight excluding hydrogens is 334 g/mol. The van der Waals surface area contributed by atoms with Gasteiger partial charge in [-0.3, -0.25) is 9.59 Å². The summed E-state index contributed by atoms with van der Waals surface area (Å²) in [6, 6.07) is 11.0. The van der Waals surface area contributed by atoms with Crippen LogP contribution in [0.25, 0.3) is 0 Å². The number of rotatable bonds is 9. The molecule has 0 aliphatic carbocycles. The summed E-state index contributed by atoms with van der Waals surface area (Å²) in [7, 11) is 0. The summed E-state index contributed by atoms with van der Waals surface area (Å²) in [6.07, 6.45) is 0. The minimum absolute atomic E-state index is 0.0436. The number of hydrogen-bond acceptors (Lipinski definition) is 5. The Morgan fingerprint density at radius 2 is 2.13 bits per heavy atom. The van der Waals surface area contributed by atoms with E-state index in [2.05, 4.69) is 5.32 Å². The topological polar surface area (TPSA) is 75.6 Å². The van der Waals surface area contributed by atoms with E-state index in [1.54, 1.807) is 29.5 Å². The van der Waals surface area contributed by atoms with Crippen molar-refractivity contribution < 1.29 is 19.4 Å². The Hall–Kier alpha value is -1.99. The maximum atomic E-state index is 12.0. The molecule has 2 aromatic rings. The summed E-state index contributed by atoms with van der Waals surface area (Å²) in [5.41, 5.74) is 0.525. The lowest BCUT2D eigenvalue weighted by Crippen LogP contribution is -2.26. The number of thiophene rings is 1. The maximum absolute atomic E-state index is 12.0. The Morgan fingerprint density at radius 1 is 1.26 bits per heavy atom. The molecule has 2 rings (SSSR count). The van der Waals surface area contributed by atoms with Crippen molar-refractivity contribution in [1.29, 1.82) is 0 Å². The van der Waals surface area contributed by atoms with Crippen LogP contribution in [0.3, 0.4) is 0 Å². The molecular formula is C16H17NO4S2.